The molecule has 30 heavy (non-hydrogen) atoms. The molecule has 0 radical (unpaired) electrons. The number of hydrogen-bond acceptors (Lipinski definition) is 5. The van der Waals surface area contributed by atoms with E-state index < -0.39 is 5.97 Å². The Hall–Kier alpha value is -3.54. The number of ether oxygens (including phenoxy) is 3. The predicted octanol–water partition coefficient (Wildman–Crippen LogP) is 4.20. The maximum atomic E-state index is 13.4. The van der Waals surface area contributed by atoms with E-state index in [2.05, 4.69) is 0 Å². The van der Waals surface area contributed by atoms with Gasteiger partial charge in [0.05, 0.1) is 32.5 Å². The summed E-state index contributed by atoms with van der Waals surface area (Å²) in [6, 6.07) is 11.1. The molecule has 1 aliphatic heterocycles. The minimum Gasteiger partial charge on any atom is -0.493 e. The van der Waals surface area contributed by atoms with E-state index in [1.807, 2.05) is 32.0 Å². The largest absolute Gasteiger partial charge is 0.493 e. The number of methoxy groups -OCH3 is 3. The summed E-state index contributed by atoms with van der Waals surface area (Å²) in [6.07, 6.45) is 1.64. The van der Waals surface area contributed by atoms with E-state index in [1.165, 1.54) is 19.1 Å². The minimum atomic E-state index is -0.569. The molecule has 0 aromatic heterocycles. The van der Waals surface area contributed by atoms with Crippen LogP contribution in [0, 0.1) is 13.8 Å². The number of anilines is 1. The van der Waals surface area contributed by atoms with Gasteiger partial charge in [-0.3, -0.25) is 9.69 Å². The highest BCUT2D eigenvalue weighted by molar-refractivity contribution is 6.24. The van der Waals surface area contributed by atoms with Gasteiger partial charge in [-0.15, -0.1) is 0 Å². The SMILES string of the molecule is COC(=O)C1=C(C)N(c2ccc(C)c(C)c2)C(=O)/C1=C\c1cccc(OC)c1OC. The van der Waals surface area contributed by atoms with Crippen LogP contribution in [0.15, 0.2) is 53.2 Å². The number of amides is 1. The van der Waals surface area contributed by atoms with E-state index >= 15 is 0 Å². The second-order valence-electron chi connectivity index (χ2n) is 7.00. The molecule has 6 nitrogen and oxygen atoms in total. The molecule has 0 N–H and O–H groups in total. The molecule has 0 fully saturated rings. The first-order valence-electron chi connectivity index (χ1n) is 9.48. The van der Waals surface area contributed by atoms with Gasteiger partial charge in [0.2, 0.25) is 0 Å². The summed E-state index contributed by atoms with van der Waals surface area (Å²) in [5.74, 6) is 0.136. The highest BCUT2D eigenvalue weighted by Gasteiger charge is 2.38. The molecule has 1 heterocycles. The molecule has 0 saturated heterocycles. The van der Waals surface area contributed by atoms with Crippen molar-refractivity contribution in [2.45, 2.75) is 20.8 Å². The van der Waals surface area contributed by atoms with E-state index in [0.717, 1.165) is 11.1 Å². The maximum absolute atomic E-state index is 13.4. The third kappa shape index (κ3) is 3.56. The van der Waals surface area contributed by atoms with Gasteiger partial charge < -0.3 is 14.2 Å². The summed E-state index contributed by atoms with van der Waals surface area (Å²) in [4.78, 5) is 27.6. The molecule has 0 bridgehead atoms. The van der Waals surface area contributed by atoms with Crippen LogP contribution < -0.4 is 14.4 Å². The normalized spacial score (nSPS) is 15.1. The number of carbonyl (C=O) groups excluding carboxylic acids is 2. The Bertz CT molecular complexity index is 1080. The lowest BCUT2D eigenvalue weighted by Crippen LogP contribution is -2.24. The lowest BCUT2D eigenvalue weighted by Gasteiger charge is -2.19. The van der Waals surface area contributed by atoms with E-state index in [4.69, 9.17) is 14.2 Å². The smallest absolute Gasteiger partial charge is 0.340 e. The summed E-state index contributed by atoms with van der Waals surface area (Å²) in [5.41, 5.74) is 4.48. The quantitative estimate of drug-likeness (QED) is 0.549. The molecule has 156 valence electrons. The zero-order valence-corrected chi connectivity index (χ0v) is 18.0. The third-order valence-electron chi connectivity index (χ3n) is 5.27. The third-order valence-corrected chi connectivity index (χ3v) is 5.27. The minimum absolute atomic E-state index is 0.227. The lowest BCUT2D eigenvalue weighted by molar-refractivity contribution is -0.136. The molecule has 2 aromatic rings. The Morgan fingerprint density at radius 2 is 1.70 bits per heavy atom. The van der Waals surface area contributed by atoms with Crippen LogP contribution in [-0.2, 0) is 14.3 Å². The van der Waals surface area contributed by atoms with Crippen molar-refractivity contribution < 1.29 is 23.8 Å². The van der Waals surface area contributed by atoms with E-state index in [0.29, 0.717) is 28.4 Å². The number of hydrogen-bond donors (Lipinski definition) is 0. The molecule has 0 unspecified atom stereocenters. The number of nitrogens with zero attached hydrogens (tertiary/aromatic N) is 1. The van der Waals surface area contributed by atoms with Crippen LogP contribution >= 0.6 is 0 Å². The second-order valence-corrected chi connectivity index (χ2v) is 7.00. The topological polar surface area (TPSA) is 65.1 Å². The molecular formula is C24H25NO5. The summed E-state index contributed by atoms with van der Waals surface area (Å²) in [7, 11) is 4.37. The monoisotopic (exact) mass is 407 g/mol. The standard InChI is InChI=1S/C24H25NO5/c1-14-10-11-18(12-15(14)2)25-16(3)21(24(27)30-6)19(23(25)26)13-17-8-7-9-20(28-4)22(17)29-5/h7-13H,1-6H3/b19-13-. The van der Waals surface area contributed by atoms with Crippen molar-refractivity contribution in [2.24, 2.45) is 0 Å². The highest BCUT2D eigenvalue weighted by Crippen LogP contribution is 2.38. The first kappa shape index (κ1) is 21.2. The zero-order valence-electron chi connectivity index (χ0n) is 18.0. The van der Waals surface area contributed by atoms with Gasteiger partial charge in [-0.25, -0.2) is 4.79 Å². The van der Waals surface area contributed by atoms with E-state index in [1.54, 1.807) is 38.3 Å². The van der Waals surface area contributed by atoms with Gasteiger partial charge in [-0.2, -0.15) is 0 Å². The molecule has 0 spiro atoms. The van der Waals surface area contributed by atoms with Crippen LogP contribution in [0.5, 0.6) is 11.5 Å². The van der Waals surface area contributed by atoms with Gasteiger partial charge >= 0.3 is 5.97 Å². The van der Waals surface area contributed by atoms with Crippen LogP contribution in [0.3, 0.4) is 0 Å². The number of allylic oxidation sites excluding steroid dienone is 1. The zero-order chi connectivity index (χ0) is 22.0. The lowest BCUT2D eigenvalue weighted by atomic mass is 10.0. The molecule has 6 heteroatoms. The van der Waals surface area contributed by atoms with Crippen LogP contribution in [0.1, 0.15) is 23.6 Å². The van der Waals surface area contributed by atoms with Crippen molar-refractivity contribution in [3.63, 3.8) is 0 Å². The molecule has 2 aromatic carbocycles. The number of rotatable bonds is 5. The van der Waals surface area contributed by atoms with E-state index in [9.17, 15) is 9.59 Å². The Balaban J connectivity index is 2.20. The number of esters is 1. The molecule has 0 atom stereocenters. The summed E-state index contributed by atoms with van der Waals surface area (Å²) >= 11 is 0. The van der Waals surface area contributed by atoms with Crippen LogP contribution in [0.25, 0.3) is 6.08 Å². The number of benzene rings is 2. The predicted molar refractivity (Wildman–Crippen MR) is 116 cm³/mol. The fourth-order valence-electron chi connectivity index (χ4n) is 3.54. The van der Waals surface area contributed by atoms with Crippen LogP contribution in [0.4, 0.5) is 5.69 Å². The van der Waals surface area contributed by atoms with Crippen molar-refractivity contribution >= 4 is 23.6 Å². The Morgan fingerprint density at radius 1 is 0.967 bits per heavy atom. The Labute approximate surface area is 176 Å². The number of carbonyl (C=O) groups is 2. The van der Waals surface area contributed by atoms with Gasteiger partial charge in [0.15, 0.2) is 11.5 Å². The molecule has 0 saturated carbocycles. The highest BCUT2D eigenvalue weighted by atomic mass is 16.5. The Kier molecular flexibility index (Phi) is 5.96. The Morgan fingerprint density at radius 3 is 2.30 bits per heavy atom. The van der Waals surface area contributed by atoms with Crippen molar-refractivity contribution in [1.82, 2.24) is 0 Å². The molecular weight excluding hydrogens is 382 g/mol. The maximum Gasteiger partial charge on any atom is 0.340 e. The average molecular weight is 407 g/mol. The van der Waals surface area contributed by atoms with Gasteiger partial charge in [0, 0.05) is 16.9 Å². The molecule has 1 aliphatic rings. The summed E-state index contributed by atoms with van der Waals surface area (Å²) < 4.78 is 15.8. The van der Waals surface area contributed by atoms with Crippen molar-refractivity contribution in [2.75, 3.05) is 26.2 Å². The van der Waals surface area contributed by atoms with Crippen LogP contribution in [0.2, 0.25) is 0 Å². The van der Waals surface area contributed by atoms with Crippen LogP contribution in [-0.4, -0.2) is 33.2 Å². The van der Waals surface area contributed by atoms with Gasteiger partial charge in [-0.05, 0) is 56.2 Å². The second kappa shape index (κ2) is 8.45. The van der Waals surface area contributed by atoms with Crippen molar-refractivity contribution in [3.05, 3.63) is 69.9 Å². The summed E-state index contributed by atoms with van der Waals surface area (Å²) in [6.45, 7) is 5.73. The number of para-hydroxylation sites is 1. The first-order chi connectivity index (χ1) is 14.3. The fourth-order valence-corrected chi connectivity index (χ4v) is 3.54. The van der Waals surface area contributed by atoms with Gasteiger partial charge in [0.1, 0.15) is 0 Å². The molecule has 0 aliphatic carbocycles. The molecule has 1 amide bonds. The van der Waals surface area contributed by atoms with Crippen molar-refractivity contribution in [1.29, 1.82) is 0 Å². The number of aryl methyl sites for hydroxylation is 2. The van der Waals surface area contributed by atoms with Gasteiger partial charge in [0.25, 0.3) is 5.91 Å². The van der Waals surface area contributed by atoms with E-state index in [-0.39, 0.29) is 17.1 Å². The first-order valence-corrected chi connectivity index (χ1v) is 9.48. The average Bonchev–Trinajstić information content (AvgIpc) is 2.98. The fraction of sp³-hybridized carbons (Fsp3) is 0.250. The molecule has 3 rings (SSSR count). The summed E-state index contributed by atoms with van der Waals surface area (Å²) in [5, 5.41) is 0. The van der Waals surface area contributed by atoms with Crippen molar-refractivity contribution in [3.8, 4) is 11.5 Å². The van der Waals surface area contributed by atoms with Gasteiger partial charge in [-0.1, -0.05) is 18.2 Å².